The fourth-order valence-electron chi connectivity index (χ4n) is 2.81. The molecule has 178 valence electrons. The first-order chi connectivity index (χ1) is 14.2. The zero-order chi connectivity index (χ0) is 24.5. The van der Waals surface area contributed by atoms with E-state index in [1.165, 1.54) is 0 Å². The van der Waals surface area contributed by atoms with Gasteiger partial charge in [-0.05, 0) is 17.8 Å². The van der Waals surface area contributed by atoms with Gasteiger partial charge < -0.3 is 32.5 Å². The molecule has 0 radical (unpaired) electrons. The van der Waals surface area contributed by atoms with Crippen molar-refractivity contribution in [3.8, 4) is 0 Å². The standard InChI is InChI=1S/C20H37N5O6/c1-7-11(6)16(20(30)31)25-19(29)15(10(4)5)24-18(28)14(9(2)3)23-17(27)12(21)8-13(22)26/h9-12,14-16H,7-8,21H2,1-6H3,(H2,22,26)(H,23,27)(H,24,28)(H,25,29)(H,30,31). The van der Waals surface area contributed by atoms with E-state index >= 15 is 0 Å². The van der Waals surface area contributed by atoms with Crippen LogP contribution in [-0.2, 0) is 24.0 Å². The SMILES string of the molecule is CCC(C)C(NC(=O)C(NC(=O)C(NC(=O)C(N)CC(N)=O)C(C)C)C(C)C)C(=O)O. The van der Waals surface area contributed by atoms with E-state index < -0.39 is 53.8 Å². The van der Waals surface area contributed by atoms with Crippen LogP contribution in [0.25, 0.3) is 0 Å². The van der Waals surface area contributed by atoms with Crippen LogP contribution in [0, 0.1) is 17.8 Å². The number of carbonyl (C=O) groups excluding carboxylic acids is 4. The molecule has 0 rings (SSSR count). The highest BCUT2D eigenvalue weighted by molar-refractivity contribution is 5.95. The zero-order valence-corrected chi connectivity index (χ0v) is 19.1. The number of primary amides is 1. The molecule has 5 atom stereocenters. The van der Waals surface area contributed by atoms with E-state index in [-0.39, 0.29) is 24.2 Å². The molecular formula is C20H37N5O6. The monoisotopic (exact) mass is 443 g/mol. The van der Waals surface area contributed by atoms with Crippen LogP contribution in [-0.4, -0.2) is 58.9 Å². The van der Waals surface area contributed by atoms with Gasteiger partial charge in [0.05, 0.1) is 12.5 Å². The molecule has 0 fully saturated rings. The molecule has 0 heterocycles. The molecule has 11 nitrogen and oxygen atoms in total. The Morgan fingerprint density at radius 1 is 0.774 bits per heavy atom. The number of nitrogens with one attached hydrogen (secondary N) is 3. The Kier molecular flexibility index (Phi) is 11.8. The van der Waals surface area contributed by atoms with Crippen molar-refractivity contribution in [1.82, 2.24) is 16.0 Å². The molecule has 0 bridgehead atoms. The normalized spacial score (nSPS) is 16.0. The lowest BCUT2D eigenvalue weighted by atomic mass is 9.96. The van der Waals surface area contributed by atoms with Gasteiger partial charge >= 0.3 is 5.97 Å². The minimum absolute atomic E-state index is 0.306. The van der Waals surface area contributed by atoms with E-state index in [2.05, 4.69) is 16.0 Å². The van der Waals surface area contributed by atoms with Crippen molar-refractivity contribution in [2.45, 2.75) is 78.6 Å². The maximum absolute atomic E-state index is 12.8. The number of carbonyl (C=O) groups is 5. The van der Waals surface area contributed by atoms with Crippen molar-refractivity contribution in [2.75, 3.05) is 0 Å². The van der Waals surface area contributed by atoms with Gasteiger partial charge in [-0.25, -0.2) is 4.79 Å². The van der Waals surface area contributed by atoms with Gasteiger partial charge in [0.15, 0.2) is 0 Å². The molecule has 0 saturated carbocycles. The van der Waals surface area contributed by atoms with Gasteiger partial charge in [0.1, 0.15) is 18.1 Å². The van der Waals surface area contributed by atoms with Crippen LogP contribution in [0.5, 0.6) is 0 Å². The summed E-state index contributed by atoms with van der Waals surface area (Å²) in [7, 11) is 0. The molecule has 0 spiro atoms. The highest BCUT2D eigenvalue weighted by atomic mass is 16.4. The number of amides is 4. The predicted molar refractivity (Wildman–Crippen MR) is 114 cm³/mol. The smallest absolute Gasteiger partial charge is 0.326 e. The zero-order valence-electron chi connectivity index (χ0n) is 19.1. The van der Waals surface area contributed by atoms with Crippen LogP contribution in [0.3, 0.4) is 0 Å². The second-order valence-electron chi connectivity index (χ2n) is 8.45. The van der Waals surface area contributed by atoms with Crippen LogP contribution in [0.2, 0.25) is 0 Å². The molecule has 8 N–H and O–H groups in total. The van der Waals surface area contributed by atoms with Crippen molar-refractivity contribution in [1.29, 1.82) is 0 Å². The third kappa shape index (κ3) is 9.33. The Morgan fingerprint density at radius 3 is 1.48 bits per heavy atom. The lowest BCUT2D eigenvalue weighted by molar-refractivity contribution is -0.144. The Hall–Kier alpha value is -2.69. The van der Waals surface area contributed by atoms with Crippen molar-refractivity contribution in [2.24, 2.45) is 29.2 Å². The van der Waals surface area contributed by atoms with E-state index in [0.29, 0.717) is 6.42 Å². The predicted octanol–water partition coefficient (Wildman–Crippen LogP) is -0.914. The van der Waals surface area contributed by atoms with Gasteiger partial charge in [0, 0.05) is 0 Å². The number of rotatable bonds is 13. The summed E-state index contributed by atoms with van der Waals surface area (Å²) in [6, 6.07) is -4.34. The summed E-state index contributed by atoms with van der Waals surface area (Å²) in [5.41, 5.74) is 10.7. The van der Waals surface area contributed by atoms with Crippen LogP contribution >= 0.6 is 0 Å². The summed E-state index contributed by atoms with van der Waals surface area (Å²) < 4.78 is 0. The van der Waals surface area contributed by atoms with E-state index in [9.17, 15) is 29.1 Å². The van der Waals surface area contributed by atoms with E-state index in [4.69, 9.17) is 11.5 Å². The molecule has 5 unspecified atom stereocenters. The number of aliphatic carboxylic acids is 1. The highest BCUT2D eigenvalue weighted by Crippen LogP contribution is 2.11. The van der Waals surface area contributed by atoms with Crippen molar-refractivity contribution < 1.29 is 29.1 Å². The Balaban J connectivity index is 5.41. The average Bonchev–Trinajstić information content (AvgIpc) is 2.65. The van der Waals surface area contributed by atoms with E-state index in [0.717, 1.165) is 0 Å². The van der Waals surface area contributed by atoms with Crippen LogP contribution in [0.15, 0.2) is 0 Å². The van der Waals surface area contributed by atoms with Crippen molar-refractivity contribution in [3.05, 3.63) is 0 Å². The molecule has 11 heteroatoms. The summed E-state index contributed by atoms with van der Waals surface area (Å²) in [5.74, 6) is -4.90. The second kappa shape index (κ2) is 12.9. The molecular weight excluding hydrogens is 406 g/mol. The van der Waals surface area contributed by atoms with Gasteiger partial charge in [-0.1, -0.05) is 48.0 Å². The summed E-state index contributed by atoms with van der Waals surface area (Å²) in [4.78, 5) is 60.3. The number of carboxylic acids is 1. The van der Waals surface area contributed by atoms with Crippen LogP contribution in [0.4, 0.5) is 0 Å². The van der Waals surface area contributed by atoms with Crippen LogP contribution < -0.4 is 27.4 Å². The van der Waals surface area contributed by atoms with Gasteiger partial charge in [0.2, 0.25) is 23.6 Å². The maximum Gasteiger partial charge on any atom is 0.326 e. The summed E-state index contributed by atoms with van der Waals surface area (Å²) in [6.45, 7) is 10.3. The maximum atomic E-state index is 12.8. The minimum atomic E-state index is -1.21. The molecule has 0 aromatic carbocycles. The highest BCUT2D eigenvalue weighted by Gasteiger charge is 2.34. The largest absolute Gasteiger partial charge is 0.480 e. The van der Waals surface area contributed by atoms with Crippen LogP contribution in [0.1, 0.15) is 54.4 Å². The fourth-order valence-corrected chi connectivity index (χ4v) is 2.81. The minimum Gasteiger partial charge on any atom is -0.480 e. The van der Waals surface area contributed by atoms with Crippen molar-refractivity contribution in [3.63, 3.8) is 0 Å². The number of carboxylic acid groups (broad SMARTS) is 1. The lowest BCUT2D eigenvalue weighted by Crippen LogP contribution is -2.60. The summed E-state index contributed by atoms with van der Waals surface area (Å²) in [5, 5.41) is 17.0. The Bertz CT molecular complexity index is 666. The number of hydrogen-bond acceptors (Lipinski definition) is 6. The first-order valence-electron chi connectivity index (χ1n) is 10.4. The first kappa shape index (κ1) is 28.3. The third-order valence-corrected chi connectivity index (χ3v) is 5.03. The summed E-state index contributed by atoms with van der Waals surface area (Å²) >= 11 is 0. The molecule has 31 heavy (non-hydrogen) atoms. The molecule has 0 aromatic rings. The average molecular weight is 444 g/mol. The van der Waals surface area contributed by atoms with E-state index in [1.807, 2.05) is 6.92 Å². The molecule has 0 aliphatic rings. The quantitative estimate of drug-likeness (QED) is 0.212. The first-order valence-corrected chi connectivity index (χ1v) is 10.4. The molecule has 0 aromatic heterocycles. The molecule has 0 aliphatic carbocycles. The molecule has 0 saturated heterocycles. The Labute approximate surface area is 183 Å². The lowest BCUT2D eigenvalue weighted by Gasteiger charge is -2.29. The number of hydrogen-bond donors (Lipinski definition) is 6. The van der Waals surface area contributed by atoms with Gasteiger partial charge in [0.25, 0.3) is 0 Å². The van der Waals surface area contributed by atoms with Crippen molar-refractivity contribution >= 4 is 29.6 Å². The van der Waals surface area contributed by atoms with Gasteiger partial charge in [-0.3, -0.25) is 19.2 Å². The Morgan fingerprint density at radius 2 is 1.16 bits per heavy atom. The van der Waals surface area contributed by atoms with Gasteiger partial charge in [-0.15, -0.1) is 0 Å². The topological polar surface area (TPSA) is 194 Å². The molecule has 0 aliphatic heterocycles. The third-order valence-electron chi connectivity index (χ3n) is 5.03. The van der Waals surface area contributed by atoms with Gasteiger partial charge in [-0.2, -0.15) is 0 Å². The molecule has 4 amide bonds. The second-order valence-corrected chi connectivity index (χ2v) is 8.45. The fraction of sp³-hybridized carbons (Fsp3) is 0.750. The number of nitrogens with two attached hydrogens (primary N) is 2. The summed E-state index contributed by atoms with van der Waals surface area (Å²) in [6.07, 6.45) is 0.171. The van der Waals surface area contributed by atoms with E-state index in [1.54, 1.807) is 34.6 Å².